The van der Waals surface area contributed by atoms with Crippen LogP contribution in [0.2, 0.25) is 5.02 Å². The smallest absolute Gasteiger partial charge is 0.268 e. The quantitative estimate of drug-likeness (QED) is 0.843. The fraction of sp³-hybridized carbons (Fsp3) is 0.583. The van der Waals surface area contributed by atoms with Gasteiger partial charge in [0.15, 0.2) is 0 Å². The Hall–Kier alpha value is -0.650. The second-order valence-corrected chi connectivity index (χ2v) is 5.74. The molecule has 1 amide bonds. The van der Waals surface area contributed by atoms with E-state index in [4.69, 9.17) is 11.6 Å². The standard InChI is InChI=1S/C12H19ClN2O2S/c1-4-15-6-9(13)5-10(15)11(16)14-7-12(2,17)8-18-3/h5-6,17H,4,7-8H2,1-3H3,(H,14,16). The zero-order chi connectivity index (χ0) is 13.8. The molecule has 4 nitrogen and oxygen atoms in total. The molecular formula is C12H19ClN2O2S. The lowest BCUT2D eigenvalue weighted by molar-refractivity contribution is 0.0720. The normalized spacial score (nSPS) is 14.3. The van der Waals surface area contributed by atoms with E-state index in [0.717, 1.165) is 0 Å². The number of carbonyl (C=O) groups excluding carboxylic acids is 1. The van der Waals surface area contributed by atoms with Crippen LogP contribution in [0, 0.1) is 0 Å². The molecule has 6 heteroatoms. The van der Waals surface area contributed by atoms with E-state index in [1.165, 1.54) is 0 Å². The van der Waals surface area contributed by atoms with Crippen molar-refractivity contribution in [3.8, 4) is 0 Å². The van der Waals surface area contributed by atoms with Crippen molar-refractivity contribution in [1.82, 2.24) is 9.88 Å². The predicted octanol–water partition coefficient (Wildman–Crippen LogP) is 2.01. The lowest BCUT2D eigenvalue weighted by Crippen LogP contribution is -2.42. The molecule has 0 radical (unpaired) electrons. The molecule has 2 N–H and O–H groups in total. The average Bonchev–Trinajstić information content (AvgIpc) is 2.67. The maximum Gasteiger partial charge on any atom is 0.268 e. The van der Waals surface area contributed by atoms with E-state index in [1.54, 1.807) is 35.5 Å². The van der Waals surface area contributed by atoms with Gasteiger partial charge in [-0.25, -0.2) is 0 Å². The van der Waals surface area contributed by atoms with Crippen molar-refractivity contribution < 1.29 is 9.90 Å². The van der Waals surface area contributed by atoms with Crippen molar-refractivity contribution in [1.29, 1.82) is 0 Å². The highest BCUT2D eigenvalue weighted by Gasteiger charge is 2.21. The van der Waals surface area contributed by atoms with Crippen LogP contribution in [0.15, 0.2) is 12.3 Å². The Kier molecular flexibility index (Phi) is 5.56. The SMILES string of the molecule is CCn1cc(Cl)cc1C(=O)NCC(C)(O)CSC. The van der Waals surface area contributed by atoms with Crippen molar-refractivity contribution in [3.63, 3.8) is 0 Å². The number of aryl methyl sites for hydroxylation is 1. The average molecular weight is 291 g/mol. The molecule has 0 saturated heterocycles. The van der Waals surface area contributed by atoms with Gasteiger partial charge in [0.2, 0.25) is 0 Å². The number of aliphatic hydroxyl groups is 1. The molecule has 0 aliphatic carbocycles. The van der Waals surface area contributed by atoms with E-state index < -0.39 is 5.60 Å². The van der Waals surface area contributed by atoms with Gasteiger partial charge in [0.05, 0.1) is 10.6 Å². The van der Waals surface area contributed by atoms with Crippen molar-refractivity contribution in [2.75, 3.05) is 18.6 Å². The van der Waals surface area contributed by atoms with Crippen LogP contribution < -0.4 is 5.32 Å². The summed E-state index contributed by atoms with van der Waals surface area (Å²) in [5.41, 5.74) is -0.384. The minimum Gasteiger partial charge on any atom is -0.387 e. The van der Waals surface area contributed by atoms with Gasteiger partial charge in [-0.15, -0.1) is 0 Å². The zero-order valence-electron chi connectivity index (χ0n) is 10.9. The Morgan fingerprint density at radius 3 is 2.89 bits per heavy atom. The molecule has 1 rings (SSSR count). The minimum absolute atomic E-state index is 0.217. The molecule has 0 fully saturated rings. The largest absolute Gasteiger partial charge is 0.387 e. The molecule has 18 heavy (non-hydrogen) atoms. The zero-order valence-corrected chi connectivity index (χ0v) is 12.4. The molecule has 0 aromatic carbocycles. The molecule has 1 aromatic heterocycles. The number of hydrogen-bond acceptors (Lipinski definition) is 3. The third kappa shape index (κ3) is 4.23. The van der Waals surface area contributed by atoms with Gasteiger partial charge < -0.3 is 15.0 Å². The Labute approximate surface area is 117 Å². The Morgan fingerprint density at radius 2 is 2.33 bits per heavy atom. The Morgan fingerprint density at radius 1 is 1.67 bits per heavy atom. The van der Waals surface area contributed by atoms with Crippen molar-refractivity contribution in [2.24, 2.45) is 0 Å². The van der Waals surface area contributed by atoms with Crippen LogP contribution in [0.4, 0.5) is 0 Å². The summed E-state index contributed by atoms with van der Waals surface area (Å²) in [5, 5.41) is 13.2. The summed E-state index contributed by atoms with van der Waals surface area (Å²) in [6, 6.07) is 1.63. The second kappa shape index (κ2) is 6.50. The van der Waals surface area contributed by atoms with Gasteiger partial charge in [-0.05, 0) is 26.2 Å². The van der Waals surface area contributed by atoms with Crippen LogP contribution >= 0.6 is 23.4 Å². The van der Waals surface area contributed by atoms with E-state index in [0.29, 0.717) is 23.0 Å². The molecular weight excluding hydrogens is 272 g/mol. The van der Waals surface area contributed by atoms with E-state index in [1.807, 2.05) is 13.2 Å². The second-order valence-electron chi connectivity index (χ2n) is 4.44. The molecule has 0 spiro atoms. The number of halogens is 1. The monoisotopic (exact) mass is 290 g/mol. The number of amides is 1. The summed E-state index contributed by atoms with van der Waals surface area (Å²) in [6.45, 7) is 4.54. The van der Waals surface area contributed by atoms with Gasteiger partial charge in [-0.1, -0.05) is 11.6 Å². The molecule has 0 saturated carbocycles. The van der Waals surface area contributed by atoms with Gasteiger partial charge in [0.1, 0.15) is 5.69 Å². The summed E-state index contributed by atoms with van der Waals surface area (Å²) in [7, 11) is 0. The van der Waals surface area contributed by atoms with E-state index >= 15 is 0 Å². The lowest BCUT2D eigenvalue weighted by Gasteiger charge is -2.22. The summed E-state index contributed by atoms with van der Waals surface area (Å²) in [4.78, 5) is 12.0. The van der Waals surface area contributed by atoms with Gasteiger partial charge in [-0.2, -0.15) is 11.8 Å². The fourth-order valence-electron chi connectivity index (χ4n) is 1.65. The van der Waals surface area contributed by atoms with Gasteiger partial charge in [0, 0.05) is 25.0 Å². The van der Waals surface area contributed by atoms with E-state index in [9.17, 15) is 9.90 Å². The number of carbonyl (C=O) groups is 1. The number of aromatic nitrogens is 1. The summed E-state index contributed by atoms with van der Waals surface area (Å²) in [6.07, 6.45) is 3.63. The highest BCUT2D eigenvalue weighted by atomic mass is 35.5. The fourth-order valence-corrected chi connectivity index (χ4v) is 2.60. The number of nitrogens with one attached hydrogen (secondary N) is 1. The molecule has 1 aromatic rings. The first kappa shape index (κ1) is 15.4. The first-order chi connectivity index (χ1) is 8.39. The van der Waals surface area contributed by atoms with Crippen molar-refractivity contribution >= 4 is 29.3 Å². The van der Waals surface area contributed by atoms with Crippen LogP contribution in [0.1, 0.15) is 24.3 Å². The highest BCUT2D eigenvalue weighted by molar-refractivity contribution is 7.98. The first-order valence-corrected chi connectivity index (χ1v) is 7.52. The molecule has 102 valence electrons. The van der Waals surface area contributed by atoms with Crippen LogP contribution in [-0.2, 0) is 6.54 Å². The number of rotatable bonds is 6. The van der Waals surface area contributed by atoms with Gasteiger partial charge in [0.25, 0.3) is 5.91 Å². The summed E-state index contributed by atoms with van der Waals surface area (Å²) in [5.74, 6) is 0.355. The van der Waals surface area contributed by atoms with Crippen LogP contribution in [0.5, 0.6) is 0 Å². The Balaban J connectivity index is 2.65. The van der Waals surface area contributed by atoms with Crippen LogP contribution in [-0.4, -0.2) is 39.7 Å². The molecule has 0 aliphatic rings. The lowest BCUT2D eigenvalue weighted by atomic mass is 10.1. The highest BCUT2D eigenvalue weighted by Crippen LogP contribution is 2.15. The third-order valence-electron chi connectivity index (χ3n) is 2.52. The van der Waals surface area contributed by atoms with E-state index in [-0.39, 0.29) is 12.5 Å². The molecule has 0 bridgehead atoms. The molecule has 1 heterocycles. The maximum atomic E-state index is 12.0. The molecule has 1 atom stereocenters. The summed E-state index contributed by atoms with van der Waals surface area (Å²) >= 11 is 7.41. The molecule has 1 unspecified atom stereocenters. The summed E-state index contributed by atoms with van der Waals surface area (Å²) < 4.78 is 1.78. The molecule has 0 aliphatic heterocycles. The predicted molar refractivity (Wildman–Crippen MR) is 76.5 cm³/mol. The van der Waals surface area contributed by atoms with Crippen molar-refractivity contribution in [3.05, 3.63) is 23.0 Å². The first-order valence-electron chi connectivity index (χ1n) is 5.75. The maximum absolute atomic E-state index is 12.0. The number of nitrogens with zero attached hydrogens (tertiary/aromatic N) is 1. The topological polar surface area (TPSA) is 54.3 Å². The van der Waals surface area contributed by atoms with Gasteiger partial charge in [-0.3, -0.25) is 4.79 Å². The minimum atomic E-state index is -0.900. The third-order valence-corrected chi connectivity index (χ3v) is 3.64. The number of thioether (sulfide) groups is 1. The Bertz CT molecular complexity index is 418. The van der Waals surface area contributed by atoms with Gasteiger partial charge >= 0.3 is 0 Å². The van der Waals surface area contributed by atoms with Crippen molar-refractivity contribution in [2.45, 2.75) is 26.0 Å². The number of hydrogen-bond donors (Lipinski definition) is 2. The van der Waals surface area contributed by atoms with Crippen LogP contribution in [0.3, 0.4) is 0 Å². The van der Waals surface area contributed by atoms with Crippen LogP contribution in [0.25, 0.3) is 0 Å². The van der Waals surface area contributed by atoms with E-state index in [2.05, 4.69) is 5.32 Å².